The van der Waals surface area contributed by atoms with Crippen molar-refractivity contribution in [1.82, 2.24) is 10.6 Å². The van der Waals surface area contributed by atoms with E-state index in [4.69, 9.17) is 13.6 Å². The molecular weight excluding hydrogens is 520 g/mol. The quantitative estimate of drug-likeness (QED) is 0.265. The summed E-state index contributed by atoms with van der Waals surface area (Å²) in [5.41, 5.74) is -1.75. The maximum Gasteiger partial charge on any atom is 0.259 e. The number of para-hydroxylation sites is 1. The zero-order valence-electron chi connectivity index (χ0n) is 23.8. The molecule has 3 N–H and O–H groups in total. The Morgan fingerprint density at radius 1 is 1.13 bits per heavy atom. The summed E-state index contributed by atoms with van der Waals surface area (Å²) in [7, 11) is -2.34. The van der Waals surface area contributed by atoms with E-state index in [9.17, 15) is 24.3 Å². The van der Waals surface area contributed by atoms with Crippen molar-refractivity contribution in [2.75, 3.05) is 19.8 Å². The molecule has 11 heteroatoms. The average molecular weight is 561 g/mol. The van der Waals surface area contributed by atoms with Crippen LogP contribution in [-0.2, 0) is 18.8 Å². The Bertz CT molecular complexity index is 1280. The lowest BCUT2D eigenvalue weighted by atomic mass is 9.92. The van der Waals surface area contributed by atoms with Gasteiger partial charge in [-0.25, -0.2) is 0 Å². The van der Waals surface area contributed by atoms with Gasteiger partial charge in [-0.05, 0) is 42.6 Å². The summed E-state index contributed by atoms with van der Waals surface area (Å²) < 4.78 is 17.0. The molecule has 10 nitrogen and oxygen atoms in total. The molecule has 1 fully saturated rings. The number of carbonyl (C=O) groups is 3. The number of benzene rings is 1. The van der Waals surface area contributed by atoms with Crippen molar-refractivity contribution in [3.8, 4) is 0 Å². The first kappa shape index (κ1) is 30.7. The third-order valence-corrected chi connectivity index (χ3v) is 12.0. The summed E-state index contributed by atoms with van der Waals surface area (Å²) >= 11 is 0. The molecule has 0 unspecified atom stereocenters. The molecule has 1 saturated heterocycles. The third kappa shape index (κ3) is 7.02. The van der Waals surface area contributed by atoms with Crippen LogP contribution in [0, 0.1) is 5.92 Å². The van der Waals surface area contributed by atoms with Gasteiger partial charge in [-0.2, -0.15) is 0 Å². The predicted octanol–water partition coefficient (Wildman–Crippen LogP) is 2.77. The molecule has 1 aromatic heterocycles. The monoisotopic (exact) mass is 560 g/mol. The summed E-state index contributed by atoms with van der Waals surface area (Å²) in [5, 5.41) is 15.1. The maximum atomic E-state index is 13.6. The maximum absolute atomic E-state index is 13.6. The second kappa shape index (κ2) is 11.7. The largest absolute Gasteiger partial charge is 0.463 e. The molecule has 3 rings (SSSR count). The van der Waals surface area contributed by atoms with Crippen molar-refractivity contribution in [2.24, 2.45) is 5.92 Å². The molecule has 2 amide bonds. The smallest absolute Gasteiger partial charge is 0.259 e. The Hall–Kier alpha value is -2.86. The molecular formula is C28H40N2O8Si. The van der Waals surface area contributed by atoms with E-state index in [-0.39, 0.29) is 35.1 Å². The van der Waals surface area contributed by atoms with Gasteiger partial charge in [-0.3, -0.25) is 19.2 Å². The Balaban J connectivity index is 1.88. The summed E-state index contributed by atoms with van der Waals surface area (Å²) in [6.45, 7) is 13.4. The number of aliphatic hydroxyl groups excluding tert-OH is 1. The van der Waals surface area contributed by atoms with Crippen molar-refractivity contribution in [3.63, 3.8) is 0 Å². The van der Waals surface area contributed by atoms with E-state index in [0.29, 0.717) is 12.0 Å². The van der Waals surface area contributed by atoms with E-state index in [1.165, 1.54) is 0 Å². The first-order valence-electron chi connectivity index (χ1n) is 13.2. The van der Waals surface area contributed by atoms with Gasteiger partial charge in [0.1, 0.15) is 23.5 Å². The molecule has 214 valence electrons. The van der Waals surface area contributed by atoms with Gasteiger partial charge in [0, 0.05) is 0 Å². The van der Waals surface area contributed by atoms with E-state index in [2.05, 4.69) is 31.4 Å². The van der Waals surface area contributed by atoms with E-state index in [1.807, 2.05) is 26.9 Å². The summed E-state index contributed by atoms with van der Waals surface area (Å²) in [6, 6.07) is 4.42. The van der Waals surface area contributed by atoms with Crippen molar-refractivity contribution in [2.45, 2.75) is 76.9 Å². The highest BCUT2D eigenvalue weighted by atomic mass is 28.4. The van der Waals surface area contributed by atoms with Gasteiger partial charge < -0.3 is 29.3 Å². The lowest BCUT2D eigenvalue weighted by Gasteiger charge is -2.37. The van der Waals surface area contributed by atoms with Crippen molar-refractivity contribution < 1.29 is 33.1 Å². The SMILES string of the molecule is CC(C)C[C@H](NC(=O)[C@H](CO[Si](C)(C)C(C)(C)C)NC(=O)c1coc2ccccc2c1=O)C(=O)[C@@]1(CO)CO1. The number of carbonyl (C=O) groups excluding carboxylic acids is 3. The first-order chi connectivity index (χ1) is 18.1. The van der Waals surface area contributed by atoms with E-state index in [0.717, 1.165) is 6.26 Å². The van der Waals surface area contributed by atoms with Crippen LogP contribution in [0.15, 0.2) is 39.7 Å². The van der Waals surface area contributed by atoms with Crippen LogP contribution in [0.4, 0.5) is 0 Å². The molecule has 39 heavy (non-hydrogen) atoms. The number of amides is 2. The molecule has 1 aliphatic rings. The number of ether oxygens (including phenoxy) is 1. The summed E-state index contributed by atoms with van der Waals surface area (Å²) in [4.78, 5) is 52.9. The normalized spacial score (nSPS) is 19.0. The molecule has 2 aromatic rings. The lowest BCUT2D eigenvalue weighted by Crippen LogP contribution is -2.57. The Kier molecular flexibility index (Phi) is 9.21. The number of rotatable bonds is 12. The van der Waals surface area contributed by atoms with Crippen LogP contribution in [0.1, 0.15) is 51.4 Å². The fraction of sp³-hybridized carbons (Fsp3) is 0.571. The lowest BCUT2D eigenvalue weighted by molar-refractivity contribution is -0.133. The molecule has 0 saturated carbocycles. The Morgan fingerprint density at radius 3 is 2.33 bits per heavy atom. The van der Waals surface area contributed by atoms with Crippen molar-refractivity contribution in [1.29, 1.82) is 0 Å². The van der Waals surface area contributed by atoms with Crippen LogP contribution >= 0.6 is 0 Å². The number of nitrogens with one attached hydrogen (secondary N) is 2. The summed E-state index contributed by atoms with van der Waals surface area (Å²) in [6.07, 6.45) is 1.39. The predicted molar refractivity (Wildman–Crippen MR) is 149 cm³/mol. The van der Waals surface area contributed by atoms with Gasteiger partial charge >= 0.3 is 0 Å². The third-order valence-electron chi connectivity index (χ3n) is 7.50. The van der Waals surface area contributed by atoms with Crippen LogP contribution in [-0.4, -0.2) is 68.5 Å². The molecule has 1 aliphatic heterocycles. The average Bonchev–Trinajstić information content (AvgIpc) is 3.66. The van der Waals surface area contributed by atoms with Crippen LogP contribution in [0.3, 0.4) is 0 Å². The number of hydrogen-bond donors (Lipinski definition) is 3. The van der Waals surface area contributed by atoms with Crippen LogP contribution < -0.4 is 16.1 Å². The number of hydrogen-bond acceptors (Lipinski definition) is 8. The van der Waals surface area contributed by atoms with E-state index < -0.39 is 55.6 Å². The molecule has 1 aromatic carbocycles. The topological polar surface area (TPSA) is 147 Å². The van der Waals surface area contributed by atoms with Crippen molar-refractivity contribution >= 4 is 36.9 Å². The minimum atomic E-state index is -2.34. The minimum absolute atomic E-state index is 0.0486. The molecule has 0 bridgehead atoms. The minimum Gasteiger partial charge on any atom is -0.463 e. The molecule has 3 atom stereocenters. The first-order valence-corrected chi connectivity index (χ1v) is 16.1. The number of ketones is 1. The van der Waals surface area contributed by atoms with Gasteiger partial charge in [-0.15, -0.1) is 0 Å². The van der Waals surface area contributed by atoms with Crippen LogP contribution in [0.2, 0.25) is 18.1 Å². The standard InChI is InChI=1S/C28H40N2O8Si/c1-17(2)12-20(24(33)28(15-31)16-37-28)29-26(35)21(14-38-39(6,7)27(3,4)5)30-25(34)19-13-36-22-11-9-8-10-18(22)23(19)32/h8-11,13,17,20-21,31H,12,14-16H2,1-7H3,(H,29,35)(H,30,34)/t20-,21-,28+/m0/s1. The number of epoxide rings is 1. The molecule has 0 spiro atoms. The van der Waals surface area contributed by atoms with Gasteiger partial charge in [0.15, 0.2) is 19.7 Å². The zero-order chi connectivity index (χ0) is 29.2. The van der Waals surface area contributed by atoms with Gasteiger partial charge in [0.05, 0.1) is 31.2 Å². The van der Waals surface area contributed by atoms with Gasteiger partial charge in [-0.1, -0.05) is 46.8 Å². The number of Topliss-reactive ketones (excluding diaryl/α,β-unsaturated/α-hetero) is 1. The van der Waals surface area contributed by atoms with Gasteiger partial charge in [0.2, 0.25) is 11.3 Å². The summed E-state index contributed by atoms with van der Waals surface area (Å²) in [5.74, 6) is -1.80. The van der Waals surface area contributed by atoms with Crippen LogP contribution in [0.25, 0.3) is 11.0 Å². The molecule has 2 heterocycles. The highest BCUT2D eigenvalue weighted by molar-refractivity contribution is 6.74. The second-order valence-corrected chi connectivity index (χ2v) is 16.9. The number of fused-ring (bicyclic) bond motifs is 1. The zero-order valence-corrected chi connectivity index (χ0v) is 24.8. The van der Waals surface area contributed by atoms with Crippen LogP contribution in [0.5, 0.6) is 0 Å². The highest BCUT2D eigenvalue weighted by Gasteiger charge is 2.54. The molecule has 0 radical (unpaired) electrons. The van der Waals surface area contributed by atoms with Crippen molar-refractivity contribution in [3.05, 3.63) is 46.3 Å². The Labute approximate surface area is 229 Å². The second-order valence-electron chi connectivity index (χ2n) is 12.1. The fourth-order valence-electron chi connectivity index (χ4n) is 3.85. The Morgan fingerprint density at radius 2 is 1.77 bits per heavy atom. The number of aliphatic hydroxyl groups is 1. The highest BCUT2D eigenvalue weighted by Crippen LogP contribution is 2.36. The fourth-order valence-corrected chi connectivity index (χ4v) is 4.87. The van der Waals surface area contributed by atoms with E-state index in [1.54, 1.807) is 24.3 Å². The van der Waals surface area contributed by atoms with E-state index >= 15 is 0 Å². The van der Waals surface area contributed by atoms with Gasteiger partial charge in [0.25, 0.3) is 5.91 Å². The molecule has 0 aliphatic carbocycles.